The molecular weight excluding hydrogens is 354 g/mol. The Morgan fingerprint density at radius 3 is 2.64 bits per heavy atom. The molecule has 1 aromatic carbocycles. The van der Waals surface area contributed by atoms with Crippen LogP contribution in [-0.2, 0) is 16.1 Å². The van der Waals surface area contributed by atoms with Gasteiger partial charge in [-0.25, -0.2) is 9.89 Å². The van der Waals surface area contributed by atoms with Crippen LogP contribution in [0.1, 0.15) is 38.5 Å². The number of ether oxygens (including phenoxy) is 1. The van der Waals surface area contributed by atoms with Crippen molar-refractivity contribution < 1.29 is 13.9 Å². The van der Waals surface area contributed by atoms with Gasteiger partial charge in [0.1, 0.15) is 11.8 Å². The largest absolute Gasteiger partial charge is 0.467 e. The van der Waals surface area contributed by atoms with Crippen molar-refractivity contribution in [2.45, 2.75) is 52.8 Å². The number of anilines is 1. The summed E-state index contributed by atoms with van der Waals surface area (Å²) in [5, 5.41) is 0. The van der Waals surface area contributed by atoms with Crippen LogP contribution in [0.2, 0.25) is 0 Å². The molecule has 0 N–H and O–H groups in total. The minimum Gasteiger partial charge on any atom is -0.467 e. The molecule has 150 valence electrons. The number of hydrogen-bond donors (Lipinski definition) is 0. The Bertz CT molecular complexity index is 797. The highest BCUT2D eigenvalue weighted by Crippen LogP contribution is 2.25. The maximum Gasteiger partial charge on any atom is 0.258 e. The number of aliphatic imine (C=N–C) groups is 1. The van der Waals surface area contributed by atoms with Crippen molar-refractivity contribution in [2.24, 2.45) is 4.99 Å². The number of furan rings is 1. The van der Waals surface area contributed by atoms with E-state index in [1.165, 1.54) is 0 Å². The molecule has 0 aliphatic carbocycles. The van der Waals surface area contributed by atoms with Crippen LogP contribution in [0.25, 0.3) is 0 Å². The monoisotopic (exact) mass is 383 g/mol. The lowest BCUT2D eigenvalue weighted by molar-refractivity contribution is -0.117. The SMILES string of the molecule is Cc1ccc(N2C(=O)C(C)N=C2N(CCCOC(C)C)Cc2ccco2)cc1. The summed E-state index contributed by atoms with van der Waals surface area (Å²) in [6.45, 7) is 9.86. The Balaban J connectivity index is 1.83. The first kappa shape index (κ1) is 20.1. The number of guanidine groups is 1. The normalized spacial score (nSPS) is 16.8. The van der Waals surface area contributed by atoms with Crippen molar-refractivity contribution in [3.05, 3.63) is 54.0 Å². The van der Waals surface area contributed by atoms with Gasteiger partial charge in [0, 0.05) is 13.2 Å². The predicted molar refractivity (Wildman–Crippen MR) is 110 cm³/mol. The lowest BCUT2D eigenvalue weighted by Gasteiger charge is -2.29. The van der Waals surface area contributed by atoms with Gasteiger partial charge in [0.2, 0.25) is 5.96 Å². The van der Waals surface area contributed by atoms with E-state index in [1.54, 1.807) is 11.2 Å². The van der Waals surface area contributed by atoms with Crippen LogP contribution in [0.15, 0.2) is 52.1 Å². The minimum atomic E-state index is -0.401. The van der Waals surface area contributed by atoms with Gasteiger partial charge in [-0.15, -0.1) is 0 Å². The van der Waals surface area contributed by atoms with Gasteiger partial charge >= 0.3 is 0 Å². The summed E-state index contributed by atoms with van der Waals surface area (Å²) < 4.78 is 11.2. The third-order valence-corrected chi connectivity index (χ3v) is 4.61. The predicted octanol–water partition coefficient (Wildman–Crippen LogP) is 4.00. The van der Waals surface area contributed by atoms with Crippen LogP contribution in [0, 0.1) is 6.92 Å². The van der Waals surface area contributed by atoms with E-state index in [4.69, 9.17) is 9.15 Å². The highest BCUT2D eigenvalue weighted by molar-refractivity contribution is 6.21. The Morgan fingerprint density at radius 1 is 1.25 bits per heavy atom. The number of nitrogens with zero attached hydrogens (tertiary/aromatic N) is 3. The summed E-state index contributed by atoms with van der Waals surface area (Å²) in [6.07, 6.45) is 2.70. The molecule has 0 fully saturated rings. The van der Waals surface area contributed by atoms with Crippen LogP contribution < -0.4 is 4.90 Å². The van der Waals surface area contributed by atoms with Crippen molar-refractivity contribution >= 4 is 17.6 Å². The summed E-state index contributed by atoms with van der Waals surface area (Å²) in [4.78, 5) is 21.4. The van der Waals surface area contributed by atoms with Crippen LogP contribution in [-0.4, -0.2) is 42.1 Å². The second-order valence-electron chi connectivity index (χ2n) is 7.39. The fourth-order valence-corrected chi connectivity index (χ4v) is 3.15. The summed E-state index contributed by atoms with van der Waals surface area (Å²) in [5.74, 6) is 1.49. The third kappa shape index (κ3) is 4.81. The zero-order valence-corrected chi connectivity index (χ0v) is 17.1. The molecule has 6 nitrogen and oxygen atoms in total. The Labute approximate surface area is 166 Å². The molecule has 0 spiro atoms. The van der Waals surface area contributed by atoms with Crippen LogP contribution >= 0.6 is 0 Å². The van der Waals surface area contributed by atoms with Crippen molar-refractivity contribution in [1.82, 2.24) is 4.90 Å². The maximum atomic E-state index is 12.9. The van der Waals surface area contributed by atoms with Gasteiger partial charge in [0.05, 0.1) is 24.6 Å². The van der Waals surface area contributed by atoms with Crippen LogP contribution in [0.5, 0.6) is 0 Å². The van der Waals surface area contributed by atoms with Crippen molar-refractivity contribution in [3.8, 4) is 0 Å². The molecule has 2 heterocycles. The van der Waals surface area contributed by atoms with E-state index < -0.39 is 6.04 Å². The fraction of sp³-hybridized carbons (Fsp3) is 0.455. The van der Waals surface area contributed by atoms with Gasteiger partial charge in [-0.2, -0.15) is 0 Å². The average Bonchev–Trinajstić information content (AvgIpc) is 3.27. The number of carbonyl (C=O) groups excluding carboxylic acids is 1. The molecule has 2 aromatic rings. The van der Waals surface area contributed by atoms with E-state index in [-0.39, 0.29) is 12.0 Å². The van der Waals surface area contributed by atoms with Gasteiger partial charge in [-0.1, -0.05) is 17.7 Å². The van der Waals surface area contributed by atoms with Gasteiger partial charge in [-0.05, 0) is 58.4 Å². The molecule has 6 heteroatoms. The molecule has 1 aliphatic heterocycles. The third-order valence-electron chi connectivity index (χ3n) is 4.61. The van der Waals surface area contributed by atoms with E-state index in [9.17, 15) is 4.79 Å². The molecule has 3 rings (SSSR count). The summed E-state index contributed by atoms with van der Waals surface area (Å²) in [7, 11) is 0. The number of rotatable bonds is 8. The number of benzene rings is 1. The van der Waals surface area contributed by atoms with Crippen LogP contribution in [0.4, 0.5) is 5.69 Å². The lowest BCUT2D eigenvalue weighted by atomic mass is 10.2. The zero-order chi connectivity index (χ0) is 20.1. The quantitative estimate of drug-likeness (QED) is 0.647. The van der Waals surface area contributed by atoms with E-state index in [0.717, 1.165) is 23.4 Å². The van der Waals surface area contributed by atoms with Crippen molar-refractivity contribution in [1.29, 1.82) is 0 Å². The molecule has 1 amide bonds. The fourth-order valence-electron chi connectivity index (χ4n) is 3.15. The minimum absolute atomic E-state index is 0.0123. The zero-order valence-electron chi connectivity index (χ0n) is 17.1. The van der Waals surface area contributed by atoms with Gasteiger partial charge in [0.25, 0.3) is 5.91 Å². The second-order valence-corrected chi connectivity index (χ2v) is 7.39. The number of aryl methyl sites for hydroxylation is 1. The summed E-state index contributed by atoms with van der Waals surface area (Å²) in [5.41, 5.74) is 1.99. The van der Waals surface area contributed by atoms with E-state index in [0.29, 0.717) is 25.7 Å². The van der Waals surface area contributed by atoms with E-state index in [1.807, 2.05) is 64.1 Å². The molecule has 0 saturated carbocycles. The molecule has 1 unspecified atom stereocenters. The average molecular weight is 383 g/mol. The van der Waals surface area contributed by atoms with Crippen molar-refractivity contribution in [3.63, 3.8) is 0 Å². The first-order valence-corrected chi connectivity index (χ1v) is 9.83. The van der Waals surface area contributed by atoms with E-state index in [2.05, 4.69) is 9.89 Å². The van der Waals surface area contributed by atoms with Gasteiger partial charge < -0.3 is 14.1 Å². The highest BCUT2D eigenvalue weighted by atomic mass is 16.5. The highest BCUT2D eigenvalue weighted by Gasteiger charge is 2.36. The van der Waals surface area contributed by atoms with Gasteiger partial charge in [0.15, 0.2) is 0 Å². The first-order valence-electron chi connectivity index (χ1n) is 9.83. The van der Waals surface area contributed by atoms with Crippen LogP contribution in [0.3, 0.4) is 0 Å². The smallest absolute Gasteiger partial charge is 0.258 e. The summed E-state index contributed by atoms with van der Waals surface area (Å²) in [6, 6.07) is 11.4. The maximum absolute atomic E-state index is 12.9. The van der Waals surface area contributed by atoms with Crippen molar-refractivity contribution in [2.75, 3.05) is 18.1 Å². The second kappa shape index (κ2) is 9.06. The molecule has 0 bridgehead atoms. The number of amides is 1. The molecule has 0 radical (unpaired) electrons. The molecule has 1 aromatic heterocycles. The lowest BCUT2D eigenvalue weighted by Crippen LogP contribution is -2.45. The summed E-state index contributed by atoms with van der Waals surface area (Å²) >= 11 is 0. The molecule has 28 heavy (non-hydrogen) atoms. The Hall–Kier alpha value is -2.60. The van der Waals surface area contributed by atoms with E-state index >= 15 is 0 Å². The van der Waals surface area contributed by atoms with Gasteiger partial charge in [-0.3, -0.25) is 4.79 Å². The number of carbonyl (C=O) groups is 1. The molecule has 0 saturated heterocycles. The Kier molecular flexibility index (Phi) is 6.52. The molecule has 1 aliphatic rings. The topological polar surface area (TPSA) is 58.3 Å². The Morgan fingerprint density at radius 2 is 2.00 bits per heavy atom. The standard InChI is InChI=1S/C22H29N3O3/c1-16(2)27-14-6-12-24(15-20-7-5-13-28-20)22-23-18(4)21(26)25(22)19-10-8-17(3)9-11-19/h5,7-11,13,16,18H,6,12,14-15H2,1-4H3. The first-order chi connectivity index (χ1) is 13.5. The molecular formula is C22H29N3O3. The molecule has 1 atom stereocenters. The number of hydrogen-bond acceptors (Lipinski definition) is 5.